The van der Waals surface area contributed by atoms with Crippen molar-refractivity contribution in [1.29, 1.82) is 0 Å². The molecule has 8 nitrogen and oxygen atoms in total. The maximum Gasteiger partial charge on any atom is 0.321 e. The summed E-state index contributed by atoms with van der Waals surface area (Å²) in [5.74, 6) is 0.988. The van der Waals surface area contributed by atoms with Crippen LogP contribution in [0.4, 0.5) is 4.79 Å². The Morgan fingerprint density at radius 2 is 2.00 bits per heavy atom. The lowest BCUT2D eigenvalue weighted by Gasteiger charge is -2.13. The van der Waals surface area contributed by atoms with E-state index >= 15 is 0 Å². The van der Waals surface area contributed by atoms with Gasteiger partial charge in [0.2, 0.25) is 5.91 Å². The van der Waals surface area contributed by atoms with Gasteiger partial charge in [0.1, 0.15) is 5.75 Å². The molecule has 1 aromatic carbocycles. The fraction of sp³-hybridized carbons (Fsp3) is 0.412. The summed E-state index contributed by atoms with van der Waals surface area (Å²) >= 11 is 1.25. The summed E-state index contributed by atoms with van der Waals surface area (Å²) in [5, 5.41) is 13.4. The van der Waals surface area contributed by atoms with Gasteiger partial charge in [0, 0.05) is 13.1 Å². The Labute approximate surface area is 156 Å². The maximum absolute atomic E-state index is 12.1. The third-order valence-electron chi connectivity index (χ3n) is 3.61. The van der Waals surface area contributed by atoms with Crippen LogP contribution in [0.25, 0.3) is 11.4 Å². The predicted molar refractivity (Wildman–Crippen MR) is 100 cm³/mol. The summed E-state index contributed by atoms with van der Waals surface area (Å²) in [6.07, 6.45) is 0. The van der Waals surface area contributed by atoms with Crippen LogP contribution in [0, 0.1) is 0 Å². The van der Waals surface area contributed by atoms with Crippen LogP contribution in [-0.2, 0) is 11.3 Å². The molecule has 26 heavy (non-hydrogen) atoms. The number of nitrogens with one attached hydrogen (secondary N) is 2. The number of urea groups is 1. The maximum atomic E-state index is 12.1. The van der Waals surface area contributed by atoms with E-state index in [2.05, 4.69) is 20.8 Å². The van der Waals surface area contributed by atoms with Crippen molar-refractivity contribution in [3.8, 4) is 17.1 Å². The number of rotatable bonds is 7. The number of thioether (sulfide) groups is 1. The molecule has 140 valence electrons. The molecule has 0 fully saturated rings. The Balaban J connectivity index is 2.20. The molecule has 1 atom stereocenters. The first-order chi connectivity index (χ1) is 12.5. The molecule has 2 aromatic rings. The zero-order chi connectivity index (χ0) is 19.1. The summed E-state index contributed by atoms with van der Waals surface area (Å²) in [6, 6.07) is 7.06. The lowest BCUT2D eigenvalue weighted by Crippen LogP contribution is -2.42. The van der Waals surface area contributed by atoms with Crippen LogP contribution in [0.3, 0.4) is 0 Å². The van der Waals surface area contributed by atoms with E-state index in [0.717, 1.165) is 5.56 Å². The minimum Gasteiger partial charge on any atom is -0.496 e. The smallest absolute Gasteiger partial charge is 0.321 e. The zero-order valence-electron chi connectivity index (χ0n) is 15.3. The molecule has 1 aromatic heterocycles. The summed E-state index contributed by atoms with van der Waals surface area (Å²) in [7, 11) is 1.61. The highest BCUT2D eigenvalue weighted by Gasteiger charge is 2.22. The quantitative estimate of drug-likeness (QED) is 0.719. The van der Waals surface area contributed by atoms with Crippen molar-refractivity contribution >= 4 is 23.7 Å². The van der Waals surface area contributed by atoms with E-state index in [1.165, 1.54) is 11.8 Å². The van der Waals surface area contributed by atoms with Gasteiger partial charge in [0.25, 0.3) is 0 Å². The Bertz CT molecular complexity index is 778. The lowest BCUT2D eigenvalue weighted by molar-refractivity contribution is -0.119. The molecule has 0 radical (unpaired) electrons. The third kappa shape index (κ3) is 4.54. The number of carbonyl (C=O) groups is 2. The van der Waals surface area contributed by atoms with Crippen molar-refractivity contribution in [2.24, 2.45) is 0 Å². The molecule has 2 N–H and O–H groups in total. The number of nitrogens with zero attached hydrogens (tertiary/aromatic N) is 3. The molecule has 0 saturated carbocycles. The van der Waals surface area contributed by atoms with Gasteiger partial charge in [-0.2, -0.15) is 0 Å². The summed E-state index contributed by atoms with van der Waals surface area (Å²) < 4.78 is 7.31. The number of ether oxygens (including phenoxy) is 1. The van der Waals surface area contributed by atoms with E-state index in [9.17, 15) is 9.59 Å². The van der Waals surface area contributed by atoms with Gasteiger partial charge in [0.05, 0.1) is 17.9 Å². The summed E-state index contributed by atoms with van der Waals surface area (Å²) in [4.78, 5) is 23.6. The number of hydrogen-bond acceptors (Lipinski definition) is 6. The highest BCUT2D eigenvalue weighted by molar-refractivity contribution is 8.00. The number of benzene rings is 1. The molecular weight excluding hydrogens is 354 g/mol. The molecule has 0 bridgehead atoms. The fourth-order valence-corrected chi connectivity index (χ4v) is 3.23. The highest BCUT2D eigenvalue weighted by Crippen LogP contribution is 2.31. The van der Waals surface area contributed by atoms with Gasteiger partial charge in [-0.25, -0.2) is 4.79 Å². The normalized spacial score (nSPS) is 11.7. The monoisotopic (exact) mass is 377 g/mol. The highest BCUT2D eigenvalue weighted by atomic mass is 32.2. The van der Waals surface area contributed by atoms with Gasteiger partial charge in [-0.1, -0.05) is 23.9 Å². The lowest BCUT2D eigenvalue weighted by atomic mass is 10.2. The molecule has 0 unspecified atom stereocenters. The number of aromatic nitrogens is 3. The van der Waals surface area contributed by atoms with Gasteiger partial charge < -0.3 is 14.6 Å². The van der Waals surface area contributed by atoms with Crippen molar-refractivity contribution in [2.75, 3.05) is 13.7 Å². The SMILES string of the molecule is CCNC(=O)NC(=O)[C@@H](C)Sc1nnc(-c2ccccc2OC)n1CC. The van der Waals surface area contributed by atoms with Gasteiger partial charge >= 0.3 is 6.03 Å². The van der Waals surface area contributed by atoms with E-state index in [0.29, 0.717) is 29.8 Å². The third-order valence-corrected chi connectivity index (χ3v) is 4.69. The van der Waals surface area contributed by atoms with Gasteiger partial charge in [0.15, 0.2) is 11.0 Å². The molecule has 2 rings (SSSR count). The molecule has 9 heteroatoms. The molecule has 3 amide bonds. The predicted octanol–water partition coefficient (Wildman–Crippen LogP) is 2.30. The first-order valence-corrected chi connectivity index (χ1v) is 9.21. The van der Waals surface area contributed by atoms with Crippen molar-refractivity contribution in [2.45, 2.75) is 37.7 Å². The van der Waals surface area contributed by atoms with Crippen molar-refractivity contribution in [3.63, 3.8) is 0 Å². The second-order valence-corrected chi connectivity index (χ2v) is 6.67. The van der Waals surface area contributed by atoms with Gasteiger partial charge in [-0.05, 0) is 32.9 Å². The van der Waals surface area contributed by atoms with E-state index in [1.54, 1.807) is 21.0 Å². The van der Waals surface area contributed by atoms with Crippen LogP contribution >= 0.6 is 11.8 Å². The number of amides is 3. The Hall–Kier alpha value is -2.55. The first-order valence-electron chi connectivity index (χ1n) is 8.33. The van der Waals surface area contributed by atoms with Crippen LogP contribution in [0.5, 0.6) is 5.75 Å². The standard InChI is InChI=1S/C17H23N5O3S/c1-5-18-16(24)19-15(23)11(3)26-17-21-20-14(22(17)6-2)12-9-7-8-10-13(12)25-4/h7-11H,5-6H2,1-4H3,(H2,18,19,23,24)/t11-/m1/s1. The van der Waals surface area contributed by atoms with E-state index in [1.807, 2.05) is 35.8 Å². The number of carbonyl (C=O) groups excluding carboxylic acids is 2. The van der Waals surface area contributed by atoms with Crippen LogP contribution in [0.15, 0.2) is 29.4 Å². The Morgan fingerprint density at radius 1 is 1.27 bits per heavy atom. The minimum absolute atomic E-state index is 0.384. The minimum atomic E-state index is -0.503. The molecule has 0 aliphatic rings. The van der Waals surface area contributed by atoms with E-state index in [4.69, 9.17) is 4.74 Å². The van der Waals surface area contributed by atoms with Crippen LogP contribution in [-0.4, -0.2) is 45.6 Å². The molecule has 0 aliphatic carbocycles. The molecule has 0 saturated heterocycles. The van der Waals surface area contributed by atoms with Crippen LogP contribution < -0.4 is 15.4 Å². The number of imide groups is 1. The molecule has 0 aliphatic heterocycles. The Morgan fingerprint density at radius 3 is 2.65 bits per heavy atom. The molecule has 0 spiro atoms. The largest absolute Gasteiger partial charge is 0.496 e. The Kier molecular flexibility index (Phi) is 7.02. The average molecular weight is 377 g/mol. The van der Waals surface area contributed by atoms with Crippen LogP contribution in [0.1, 0.15) is 20.8 Å². The summed E-state index contributed by atoms with van der Waals surface area (Å²) in [6.45, 7) is 6.56. The zero-order valence-corrected chi connectivity index (χ0v) is 16.1. The summed E-state index contributed by atoms with van der Waals surface area (Å²) in [5.41, 5.74) is 0.829. The van der Waals surface area contributed by atoms with Gasteiger partial charge in [-0.3, -0.25) is 10.1 Å². The van der Waals surface area contributed by atoms with E-state index in [-0.39, 0.29) is 5.91 Å². The van der Waals surface area contributed by atoms with Crippen molar-refractivity contribution in [1.82, 2.24) is 25.4 Å². The first kappa shape index (κ1) is 19.8. The molecular formula is C17H23N5O3S. The van der Waals surface area contributed by atoms with Crippen molar-refractivity contribution in [3.05, 3.63) is 24.3 Å². The number of methoxy groups -OCH3 is 1. The topological polar surface area (TPSA) is 98.1 Å². The van der Waals surface area contributed by atoms with Crippen molar-refractivity contribution < 1.29 is 14.3 Å². The number of hydrogen-bond donors (Lipinski definition) is 2. The van der Waals surface area contributed by atoms with E-state index < -0.39 is 11.3 Å². The fourth-order valence-electron chi connectivity index (χ4n) is 2.32. The average Bonchev–Trinajstić information content (AvgIpc) is 3.03. The van der Waals surface area contributed by atoms with Gasteiger partial charge in [-0.15, -0.1) is 10.2 Å². The second kappa shape index (κ2) is 9.23. The van der Waals surface area contributed by atoms with Crippen LogP contribution in [0.2, 0.25) is 0 Å². The second-order valence-electron chi connectivity index (χ2n) is 5.36. The number of para-hydroxylation sites is 1. The molecule has 1 heterocycles.